The van der Waals surface area contributed by atoms with Crippen LogP contribution in [0.1, 0.15) is 12.3 Å². The van der Waals surface area contributed by atoms with Gasteiger partial charge in [0.15, 0.2) is 0 Å². The highest BCUT2D eigenvalue weighted by molar-refractivity contribution is 5.67. The summed E-state index contributed by atoms with van der Waals surface area (Å²) in [6.07, 6.45) is 0.232. The van der Waals surface area contributed by atoms with Crippen LogP contribution in [-0.2, 0) is 11.3 Å². The van der Waals surface area contributed by atoms with Gasteiger partial charge in [-0.05, 0) is 18.1 Å². The highest BCUT2D eigenvalue weighted by Crippen LogP contribution is 2.22. The van der Waals surface area contributed by atoms with Crippen LogP contribution >= 0.6 is 0 Å². The van der Waals surface area contributed by atoms with Crippen molar-refractivity contribution in [2.75, 3.05) is 13.1 Å². The van der Waals surface area contributed by atoms with E-state index in [4.69, 9.17) is 9.52 Å². The number of carboxylic acid groups (broad SMARTS) is 1. The Morgan fingerprint density at radius 3 is 2.75 bits per heavy atom. The molecule has 0 spiro atoms. The van der Waals surface area contributed by atoms with Gasteiger partial charge in [-0.25, -0.2) is 0 Å². The largest absolute Gasteiger partial charge is 0.481 e. The Morgan fingerprint density at radius 1 is 1.30 bits per heavy atom. The Kier molecular flexibility index (Phi) is 3.47. The van der Waals surface area contributed by atoms with E-state index in [1.54, 1.807) is 0 Å². The van der Waals surface area contributed by atoms with E-state index in [0.29, 0.717) is 18.3 Å². The second kappa shape index (κ2) is 5.42. The minimum Gasteiger partial charge on any atom is -0.481 e. The zero-order valence-electron chi connectivity index (χ0n) is 10.9. The number of carboxylic acids is 1. The summed E-state index contributed by atoms with van der Waals surface area (Å²) in [7, 11) is 0. The van der Waals surface area contributed by atoms with Crippen molar-refractivity contribution in [3.63, 3.8) is 0 Å². The molecule has 1 N–H and O–H groups in total. The lowest BCUT2D eigenvalue weighted by Crippen LogP contribution is -2.46. The average Bonchev–Trinajstić information content (AvgIpc) is 2.85. The van der Waals surface area contributed by atoms with E-state index in [0.717, 1.165) is 18.7 Å². The van der Waals surface area contributed by atoms with Gasteiger partial charge in [-0.15, -0.1) is 10.2 Å². The van der Waals surface area contributed by atoms with Gasteiger partial charge in [0.05, 0.1) is 13.0 Å². The predicted molar refractivity (Wildman–Crippen MR) is 70.8 cm³/mol. The number of aliphatic carboxylic acids is 1. The number of carbonyl (C=O) groups is 1. The molecule has 0 aliphatic carbocycles. The maximum atomic E-state index is 10.6. The summed E-state index contributed by atoms with van der Waals surface area (Å²) >= 11 is 0. The van der Waals surface area contributed by atoms with Gasteiger partial charge in [-0.2, -0.15) is 0 Å². The third-order valence-electron chi connectivity index (χ3n) is 3.34. The van der Waals surface area contributed by atoms with Gasteiger partial charge < -0.3 is 9.52 Å². The van der Waals surface area contributed by atoms with Crippen molar-refractivity contribution in [1.82, 2.24) is 15.1 Å². The maximum absolute atomic E-state index is 10.6. The van der Waals surface area contributed by atoms with Gasteiger partial charge in [0.1, 0.15) is 0 Å². The highest BCUT2D eigenvalue weighted by Gasteiger charge is 2.29. The van der Waals surface area contributed by atoms with E-state index in [-0.39, 0.29) is 12.3 Å². The van der Waals surface area contributed by atoms with E-state index in [1.165, 1.54) is 0 Å². The molecule has 2 heterocycles. The van der Waals surface area contributed by atoms with Crippen molar-refractivity contribution >= 4 is 5.97 Å². The van der Waals surface area contributed by atoms with Crippen molar-refractivity contribution in [2.45, 2.75) is 13.0 Å². The average molecular weight is 273 g/mol. The van der Waals surface area contributed by atoms with Crippen LogP contribution in [0, 0.1) is 5.92 Å². The van der Waals surface area contributed by atoms with Crippen molar-refractivity contribution < 1.29 is 14.3 Å². The van der Waals surface area contributed by atoms with Gasteiger partial charge in [-0.3, -0.25) is 9.69 Å². The zero-order chi connectivity index (χ0) is 13.9. The SMILES string of the molecule is O=C(O)CC1CN(Cc2nnc(-c3ccccc3)o2)C1. The Hall–Kier alpha value is -2.21. The number of hydrogen-bond acceptors (Lipinski definition) is 5. The van der Waals surface area contributed by atoms with Crippen LogP contribution in [0.4, 0.5) is 0 Å². The normalized spacial score (nSPS) is 16.0. The summed E-state index contributed by atoms with van der Waals surface area (Å²) in [4.78, 5) is 12.7. The first-order valence-corrected chi connectivity index (χ1v) is 6.52. The number of likely N-dealkylation sites (tertiary alicyclic amines) is 1. The van der Waals surface area contributed by atoms with Crippen LogP contribution in [0.3, 0.4) is 0 Å². The van der Waals surface area contributed by atoms with Crippen molar-refractivity contribution in [3.05, 3.63) is 36.2 Å². The molecule has 6 heteroatoms. The Bertz CT molecular complexity index is 591. The molecular weight excluding hydrogens is 258 g/mol. The van der Waals surface area contributed by atoms with Crippen molar-refractivity contribution in [2.24, 2.45) is 5.92 Å². The molecule has 1 aromatic heterocycles. The third-order valence-corrected chi connectivity index (χ3v) is 3.34. The summed E-state index contributed by atoms with van der Waals surface area (Å²) in [6, 6.07) is 9.62. The first-order valence-electron chi connectivity index (χ1n) is 6.52. The number of nitrogens with zero attached hydrogens (tertiary/aromatic N) is 3. The topological polar surface area (TPSA) is 79.5 Å². The third kappa shape index (κ3) is 2.85. The van der Waals surface area contributed by atoms with Crippen LogP contribution in [0.2, 0.25) is 0 Å². The van der Waals surface area contributed by atoms with Crippen molar-refractivity contribution in [1.29, 1.82) is 0 Å². The molecule has 1 aliphatic rings. The van der Waals surface area contributed by atoms with Crippen molar-refractivity contribution in [3.8, 4) is 11.5 Å². The zero-order valence-corrected chi connectivity index (χ0v) is 10.9. The molecule has 1 aromatic carbocycles. The van der Waals surface area contributed by atoms with Crippen LogP contribution < -0.4 is 0 Å². The Labute approximate surface area is 116 Å². The van der Waals surface area contributed by atoms with Gasteiger partial charge in [0, 0.05) is 18.7 Å². The molecule has 0 radical (unpaired) electrons. The monoisotopic (exact) mass is 273 g/mol. The molecule has 1 aliphatic heterocycles. The van der Waals surface area contributed by atoms with Crippen LogP contribution in [0.5, 0.6) is 0 Å². The van der Waals surface area contributed by atoms with E-state index in [2.05, 4.69) is 15.1 Å². The molecule has 0 bridgehead atoms. The lowest BCUT2D eigenvalue weighted by molar-refractivity contribution is -0.139. The smallest absolute Gasteiger partial charge is 0.303 e. The van der Waals surface area contributed by atoms with E-state index in [9.17, 15) is 4.79 Å². The first kappa shape index (κ1) is 12.8. The number of rotatable bonds is 5. The van der Waals surface area contributed by atoms with Gasteiger partial charge >= 0.3 is 5.97 Å². The summed E-state index contributed by atoms with van der Waals surface area (Å²) in [5.41, 5.74) is 0.901. The van der Waals surface area contributed by atoms with E-state index < -0.39 is 5.97 Å². The summed E-state index contributed by atoms with van der Waals surface area (Å²) < 4.78 is 5.61. The summed E-state index contributed by atoms with van der Waals surface area (Å²) in [5, 5.41) is 16.7. The van der Waals surface area contributed by atoms with E-state index in [1.807, 2.05) is 30.3 Å². The lowest BCUT2D eigenvalue weighted by atomic mass is 9.97. The first-order chi connectivity index (χ1) is 9.70. The molecule has 20 heavy (non-hydrogen) atoms. The van der Waals surface area contributed by atoms with Gasteiger partial charge in [0.25, 0.3) is 0 Å². The quantitative estimate of drug-likeness (QED) is 0.892. The lowest BCUT2D eigenvalue weighted by Gasteiger charge is -2.37. The van der Waals surface area contributed by atoms with Gasteiger partial charge in [0.2, 0.25) is 11.8 Å². The molecular formula is C14H15N3O3. The molecule has 1 saturated heterocycles. The fourth-order valence-corrected chi connectivity index (χ4v) is 2.39. The number of aromatic nitrogens is 2. The molecule has 0 saturated carbocycles. The Morgan fingerprint density at radius 2 is 2.05 bits per heavy atom. The van der Waals surface area contributed by atoms with Crippen LogP contribution in [0.25, 0.3) is 11.5 Å². The molecule has 0 amide bonds. The number of benzene rings is 1. The standard InChI is InChI=1S/C14H15N3O3/c18-13(19)6-10-7-17(8-10)9-12-15-16-14(20-12)11-4-2-1-3-5-11/h1-5,10H,6-9H2,(H,18,19). The van der Waals surface area contributed by atoms with E-state index >= 15 is 0 Å². The molecule has 6 nitrogen and oxygen atoms in total. The maximum Gasteiger partial charge on any atom is 0.303 e. The second-order valence-electron chi connectivity index (χ2n) is 5.02. The molecule has 2 aromatic rings. The minimum atomic E-state index is -0.737. The molecule has 3 rings (SSSR count). The van der Waals surface area contributed by atoms with Crippen LogP contribution in [-0.4, -0.2) is 39.3 Å². The van der Waals surface area contributed by atoms with Gasteiger partial charge in [-0.1, -0.05) is 18.2 Å². The number of hydrogen-bond donors (Lipinski definition) is 1. The fourth-order valence-electron chi connectivity index (χ4n) is 2.39. The molecule has 1 fully saturated rings. The minimum absolute atomic E-state index is 0.232. The second-order valence-corrected chi connectivity index (χ2v) is 5.02. The summed E-state index contributed by atoms with van der Waals surface area (Å²) in [6.45, 7) is 2.13. The molecule has 104 valence electrons. The fraction of sp³-hybridized carbons (Fsp3) is 0.357. The van der Waals surface area contributed by atoms with Crippen LogP contribution in [0.15, 0.2) is 34.7 Å². The summed E-state index contributed by atoms with van der Waals surface area (Å²) in [5.74, 6) is 0.587. The predicted octanol–water partition coefficient (Wildman–Crippen LogP) is 1.64. The molecule has 0 unspecified atom stereocenters. The Balaban J connectivity index is 1.56. The highest BCUT2D eigenvalue weighted by atomic mass is 16.4. The molecule has 0 atom stereocenters.